The smallest absolute Gasteiger partial charge is 0.139 e. The first-order valence-electron chi connectivity index (χ1n) is 6.98. The van der Waals surface area contributed by atoms with Gasteiger partial charge in [-0.25, -0.2) is 14.4 Å². The summed E-state index contributed by atoms with van der Waals surface area (Å²) in [6.45, 7) is 6.92. The molecule has 21 heavy (non-hydrogen) atoms. The Kier molecular flexibility index (Phi) is 5.70. The molecule has 5 heteroatoms. The first kappa shape index (κ1) is 15.9. The molecule has 0 saturated carbocycles. The average molecular weight is 305 g/mol. The van der Waals surface area contributed by atoms with Crippen LogP contribution in [0.2, 0.25) is 0 Å². The number of hydrogen-bond donors (Lipinski definition) is 1. The summed E-state index contributed by atoms with van der Waals surface area (Å²) in [5.74, 6) is 1.21. The van der Waals surface area contributed by atoms with E-state index in [2.05, 4.69) is 29.1 Å². The Labute approximate surface area is 129 Å². The Morgan fingerprint density at radius 3 is 2.76 bits per heavy atom. The number of aromatic nitrogens is 2. The molecule has 0 bridgehead atoms. The highest BCUT2D eigenvalue weighted by Gasteiger charge is 2.05. The zero-order valence-electron chi connectivity index (χ0n) is 12.6. The Hall–Kier alpha value is -1.46. The molecule has 1 aromatic heterocycles. The summed E-state index contributed by atoms with van der Waals surface area (Å²) < 4.78 is 13.1. The third-order valence-electron chi connectivity index (χ3n) is 2.81. The quantitative estimate of drug-likeness (QED) is 0.826. The number of nitrogens with zero attached hydrogens (tertiary/aromatic N) is 2. The van der Waals surface area contributed by atoms with E-state index in [9.17, 15) is 4.39 Å². The predicted octanol–water partition coefficient (Wildman–Crippen LogP) is 3.71. The molecule has 1 N–H and O–H groups in total. The van der Waals surface area contributed by atoms with Crippen LogP contribution in [0.15, 0.2) is 35.2 Å². The minimum absolute atomic E-state index is 0.216. The summed E-state index contributed by atoms with van der Waals surface area (Å²) in [5, 5.41) is 3.35. The molecule has 1 aromatic carbocycles. The van der Waals surface area contributed by atoms with Gasteiger partial charge >= 0.3 is 0 Å². The van der Waals surface area contributed by atoms with Gasteiger partial charge in [0.1, 0.15) is 11.6 Å². The fraction of sp³-hybridized carbons (Fsp3) is 0.375. The minimum Gasteiger partial charge on any atom is -0.309 e. The van der Waals surface area contributed by atoms with Gasteiger partial charge < -0.3 is 5.32 Å². The molecule has 2 aromatic rings. The monoisotopic (exact) mass is 305 g/mol. The molecule has 0 aliphatic rings. The maximum absolute atomic E-state index is 13.1. The SMILES string of the molecule is Cc1cc(CNC(C)C)nc(CSc2cccc(F)c2)n1. The highest BCUT2D eigenvalue weighted by Crippen LogP contribution is 2.22. The lowest BCUT2D eigenvalue weighted by molar-refractivity contribution is 0.579. The van der Waals surface area contributed by atoms with Crippen molar-refractivity contribution < 1.29 is 4.39 Å². The van der Waals surface area contributed by atoms with Crippen LogP contribution >= 0.6 is 11.8 Å². The maximum Gasteiger partial charge on any atom is 0.139 e. The van der Waals surface area contributed by atoms with E-state index in [1.165, 1.54) is 12.1 Å². The van der Waals surface area contributed by atoms with E-state index < -0.39 is 0 Å². The Bertz CT molecular complexity index is 602. The van der Waals surface area contributed by atoms with Crippen molar-refractivity contribution in [1.82, 2.24) is 15.3 Å². The number of nitrogens with one attached hydrogen (secondary N) is 1. The first-order valence-corrected chi connectivity index (χ1v) is 7.96. The number of benzene rings is 1. The molecule has 0 aliphatic heterocycles. The van der Waals surface area contributed by atoms with Gasteiger partial charge in [-0.15, -0.1) is 11.8 Å². The molecule has 0 spiro atoms. The van der Waals surface area contributed by atoms with Gasteiger partial charge in [-0.1, -0.05) is 19.9 Å². The highest BCUT2D eigenvalue weighted by molar-refractivity contribution is 7.98. The standard InChI is InChI=1S/C16H20FN3S/c1-11(2)18-9-14-7-12(3)19-16(20-14)10-21-15-6-4-5-13(17)8-15/h4-8,11,18H,9-10H2,1-3H3. The molecule has 1 heterocycles. The van der Waals surface area contributed by atoms with Gasteiger partial charge in [-0.3, -0.25) is 0 Å². The van der Waals surface area contributed by atoms with E-state index in [0.717, 1.165) is 28.7 Å². The van der Waals surface area contributed by atoms with E-state index in [1.807, 2.05) is 19.1 Å². The van der Waals surface area contributed by atoms with Crippen LogP contribution in [0.25, 0.3) is 0 Å². The molecular formula is C16H20FN3S. The molecular weight excluding hydrogens is 285 g/mol. The van der Waals surface area contributed by atoms with E-state index in [1.54, 1.807) is 17.8 Å². The van der Waals surface area contributed by atoms with Crippen LogP contribution in [0, 0.1) is 12.7 Å². The zero-order chi connectivity index (χ0) is 15.2. The number of rotatable bonds is 6. The van der Waals surface area contributed by atoms with Crippen molar-refractivity contribution in [2.45, 2.75) is 44.0 Å². The molecule has 0 atom stereocenters. The molecule has 0 unspecified atom stereocenters. The van der Waals surface area contributed by atoms with E-state index in [4.69, 9.17) is 0 Å². The lowest BCUT2D eigenvalue weighted by Crippen LogP contribution is -2.22. The summed E-state index contributed by atoms with van der Waals surface area (Å²) >= 11 is 1.54. The van der Waals surface area contributed by atoms with Crippen molar-refractivity contribution >= 4 is 11.8 Å². The second kappa shape index (κ2) is 7.52. The largest absolute Gasteiger partial charge is 0.309 e. The van der Waals surface area contributed by atoms with Crippen LogP contribution in [0.4, 0.5) is 4.39 Å². The van der Waals surface area contributed by atoms with Gasteiger partial charge in [0.15, 0.2) is 0 Å². The molecule has 112 valence electrons. The van der Waals surface area contributed by atoms with Crippen LogP contribution in [-0.2, 0) is 12.3 Å². The van der Waals surface area contributed by atoms with Crippen molar-refractivity contribution in [3.63, 3.8) is 0 Å². The second-order valence-electron chi connectivity index (χ2n) is 5.20. The first-order chi connectivity index (χ1) is 10.0. The van der Waals surface area contributed by atoms with Gasteiger partial charge in [0.2, 0.25) is 0 Å². The van der Waals surface area contributed by atoms with E-state index >= 15 is 0 Å². The Balaban J connectivity index is 2.02. The minimum atomic E-state index is -0.216. The molecule has 0 radical (unpaired) electrons. The molecule has 0 fully saturated rings. The van der Waals surface area contributed by atoms with Gasteiger partial charge in [0, 0.05) is 23.2 Å². The summed E-state index contributed by atoms with van der Waals surface area (Å²) in [5.41, 5.74) is 1.95. The van der Waals surface area contributed by atoms with Gasteiger partial charge in [0.05, 0.1) is 11.4 Å². The van der Waals surface area contributed by atoms with E-state index in [-0.39, 0.29) is 5.82 Å². The Morgan fingerprint density at radius 2 is 2.05 bits per heavy atom. The van der Waals surface area contributed by atoms with Crippen molar-refractivity contribution in [1.29, 1.82) is 0 Å². The van der Waals surface area contributed by atoms with Crippen molar-refractivity contribution in [2.24, 2.45) is 0 Å². The van der Waals surface area contributed by atoms with Gasteiger partial charge in [-0.2, -0.15) is 0 Å². The lowest BCUT2D eigenvalue weighted by Gasteiger charge is -2.09. The second-order valence-corrected chi connectivity index (χ2v) is 6.25. The van der Waals surface area contributed by atoms with Gasteiger partial charge in [-0.05, 0) is 31.2 Å². The molecule has 3 nitrogen and oxygen atoms in total. The molecule has 2 rings (SSSR count). The summed E-state index contributed by atoms with van der Waals surface area (Å²) in [4.78, 5) is 9.89. The lowest BCUT2D eigenvalue weighted by atomic mass is 10.3. The predicted molar refractivity (Wildman–Crippen MR) is 84.7 cm³/mol. The molecule has 0 aliphatic carbocycles. The topological polar surface area (TPSA) is 37.8 Å². The molecule has 0 amide bonds. The maximum atomic E-state index is 13.1. The van der Waals surface area contributed by atoms with Crippen molar-refractivity contribution in [3.05, 3.63) is 53.4 Å². The van der Waals surface area contributed by atoms with Crippen molar-refractivity contribution in [2.75, 3.05) is 0 Å². The summed E-state index contributed by atoms with van der Waals surface area (Å²) in [7, 11) is 0. The average Bonchev–Trinajstić information content (AvgIpc) is 2.43. The fourth-order valence-corrected chi connectivity index (χ4v) is 2.66. The number of hydrogen-bond acceptors (Lipinski definition) is 4. The number of halogens is 1. The molecule has 0 saturated heterocycles. The Morgan fingerprint density at radius 1 is 1.24 bits per heavy atom. The van der Waals surface area contributed by atoms with Gasteiger partial charge in [0.25, 0.3) is 0 Å². The summed E-state index contributed by atoms with van der Waals surface area (Å²) in [6, 6.07) is 9.00. The van der Waals surface area contributed by atoms with Crippen LogP contribution < -0.4 is 5.32 Å². The van der Waals surface area contributed by atoms with Crippen LogP contribution in [0.3, 0.4) is 0 Å². The number of aryl methyl sites for hydroxylation is 1. The fourth-order valence-electron chi connectivity index (χ4n) is 1.87. The third-order valence-corrected chi connectivity index (χ3v) is 3.80. The third kappa shape index (κ3) is 5.44. The van der Waals surface area contributed by atoms with Crippen LogP contribution in [0.5, 0.6) is 0 Å². The normalized spacial score (nSPS) is 11.1. The zero-order valence-corrected chi connectivity index (χ0v) is 13.4. The van der Waals surface area contributed by atoms with Crippen LogP contribution in [0.1, 0.15) is 31.1 Å². The van der Waals surface area contributed by atoms with Crippen LogP contribution in [-0.4, -0.2) is 16.0 Å². The van der Waals surface area contributed by atoms with Crippen molar-refractivity contribution in [3.8, 4) is 0 Å². The summed E-state index contributed by atoms with van der Waals surface area (Å²) in [6.07, 6.45) is 0. The highest BCUT2D eigenvalue weighted by atomic mass is 32.2. The number of thioether (sulfide) groups is 1. The van der Waals surface area contributed by atoms with E-state index in [0.29, 0.717) is 11.8 Å².